The van der Waals surface area contributed by atoms with Gasteiger partial charge in [-0.3, -0.25) is 0 Å². The van der Waals surface area contributed by atoms with Crippen molar-refractivity contribution in [2.75, 3.05) is 19.7 Å². The van der Waals surface area contributed by atoms with E-state index in [1.807, 2.05) is 19.1 Å². The summed E-state index contributed by atoms with van der Waals surface area (Å²) in [7, 11) is 0. The summed E-state index contributed by atoms with van der Waals surface area (Å²) < 4.78 is 5.54. The number of aryl methyl sites for hydroxylation is 1. The van der Waals surface area contributed by atoms with E-state index in [2.05, 4.69) is 18.3 Å². The zero-order valence-corrected chi connectivity index (χ0v) is 10.8. The largest absolute Gasteiger partial charge is 0.375 e. The summed E-state index contributed by atoms with van der Waals surface area (Å²) in [6.45, 7) is 7.45. The minimum atomic E-state index is 0.590. The molecule has 0 amide bonds. The van der Waals surface area contributed by atoms with E-state index in [0.717, 1.165) is 36.7 Å². The molecule has 0 saturated heterocycles. The predicted molar refractivity (Wildman–Crippen MR) is 69.0 cm³/mol. The molecule has 0 heterocycles. The van der Waals surface area contributed by atoms with Gasteiger partial charge in [-0.25, -0.2) is 0 Å². The summed E-state index contributed by atoms with van der Waals surface area (Å²) in [4.78, 5) is 0. The molecule has 1 aromatic rings. The van der Waals surface area contributed by atoms with Crippen LogP contribution in [0.5, 0.6) is 0 Å². The maximum Gasteiger partial charge on any atom is 0.0731 e. The van der Waals surface area contributed by atoms with E-state index in [-0.39, 0.29) is 0 Å². The normalized spacial score (nSPS) is 10.7. The summed E-state index contributed by atoms with van der Waals surface area (Å²) >= 11 is 6.10. The second-order valence-electron chi connectivity index (χ2n) is 3.90. The van der Waals surface area contributed by atoms with Crippen LogP contribution < -0.4 is 5.32 Å². The van der Waals surface area contributed by atoms with Crippen LogP contribution in [0.3, 0.4) is 0 Å². The van der Waals surface area contributed by atoms with Gasteiger partial charge in [0.15, 0.2) is 0 Å². The first kappa shape index (κ1) is 13.5. The quantitative estimate of drug-likeness (QED) is 0.741. The Morgan fingerprint density at radius 3 is 2.81 bits per heavy atom. The third kappa shape index (κ3) is 4.97. The van der Waals surface area contributed by atoms with E-state index in [1.54, 1.807) is 0 Å². The lowest BCUT2D eigenvalue weighted by atomic mass is 10.2. The van der Waals surface area contributed by atoms with Crippen molar-refractivity contribution in [1.82, 2.24) is 5.32 Å². The van der Waals surface area contributed by atoms with Crippen LogP contribution in [0.15, 0.2) is 18.2 Å². The molecular formula is C13H20ClNO. The lowest BCUT2D eigenvalue weighted by Gasteiger charge is -2.07. The van der Waals surface area contributed by atoms with Crippen LogP contribution in [0.4, 0.5) is 0 Å². The number of ether oxygens (including phenoxy) is 1. The Labute approximate surface area is 103 Å². The molecule has 0 saturated carbocycles. The SMILES string of the molecule is CCCNCCOCc1ccc(C)cc1Cl. The van der Waals surface area contributed by atoms with E-state index in [1.165, 1.54) is 5.56 Å². The highest BCUT2D eigenvalue weighted by Gasteiger charge is 2.00. The number of halogens is 1. The van der Waals surface area contributed by atoms with Gasteiger partial charge in [-0.05, 0) is 37.1 Å². The molecule has 1 N–H and O–H groups in total. The molecule has 0 unspecified atom stereocenters. The van der Waals surface area contributed by atoms with Crippen molar-refractivity contribution in [2.24, 2.45) is 0 Å². The molecule has 16 heavy (non-hydrogen) atoms. The Bertz CT molecular complexity index is 315. The molecule has 90 valence electrons. The fraction of sp³-hybridized carbons (Fsp3) is 0.538. The van der Waals surface area contributed by atoms with Gasteiger partial charge in [0, 0.05) is 11.6 Å². The topological polar surface area (TPSA) is 21.3 Å². The van der Waals surface area contributed by atoms with Gasteiger partial charge in [-0.15, -0.1) is 0 Å². The Kier molecular flexibility index (Phi) is 6.46. The first-order chi connectivity index (χ1) is 7.74. The zero-order chi connectivity index (χ0) is 11.8. The highest BCUT2D eigenvalue weighted by atomic mass is 35.5. The lowest BCUT2D eigenvalue weighted by molar-refractivity contribution is 0.123. The van der Waals surface area contributed by atoms with Crippen LogP contribution in [-0.2, 0) is 11.3 Å². The van der Waals surface area contributed by atoms with E-state index < -0.39 is 0 Å². The van der Waals surface area contributed by atoms with E-state index in [0.29, 0.717) is 6.61 Å². The van der Waals surface area contributed by atoms with Gasteiger partial charge in [-0.1, -0.05) is 30.7 Å². The molecule has 0 bridgehead atoms. The Hall–Kier alpha value is -0.570. The van der Waals surface area contributed by atoms with Crippen molar-refractivity contribution >= 4 is 11.6 Å². The Morgan fingerprint density at radius 1 is 1.31 bits per heavy atom. The van der Waals surface area contributed by atoms with Gasteiger partial charge in [0.05, 0.1) is 13.2 Å². The van der Waals surface area contributed by atoms with Crippen LogP contribution in [0.2, 0.25) is 5.02 Å². The second-order valence-corrected chi connectivity index (χ2v) is 4.30. The Balaban J connectivity index is 2.21. The molecule has 0 aliphatic carbocycles. The smallest absolute Gasteiger partial charge is 0.0731 e. The monoisotopic (exact) mass is 241 g/mol. The van der Waals surface area contributed by atoms with Crippen LogP contribution >= 0.6 is 11.6 Å². The third-order valence-corrected chi connectivity index (χ3v) is 2.67. The molecule has 1 aromatic carbocycles. The van der Waals surface area contributed by atoms with Crippen LogP contribution in [-0.4, -0.2) is 19.7 Å². The number of hydrogen-bond donors (Lipinski definition) is 1. The van der Waals surface area contributed by atoms with Crippen LogP contribution in [0.1, 0.15) is 24.5 Å². The molecule has 0 fully saturated rings. The summed E-state index contributed by atoms with van der Waals surface area (Å²) in [5.74, 6) is 0. The van der Waals surface area contributed by atoms with Gasteiger partial charge in [0.2, 0.25) is 0 Å². The van der Waals surface area contributed by atoms with Gasteiger partial charge in [0.25, 0.3) is 0 Å². The molecule has 0 spiro atoms. The van der Waals surface area contributed by atoms with Crippen molar-refractivity contribution < 1.29 is 4.74 Å². The standard InChI is InChI=1S/C13H20ClNO/c1-3-6-15-7-8-16-10-12-5-4-11(2)9-13(12)14/h4-5,9,15H,3,6-8,10H2,1-2H3. The van der Waals surface area contributed by atoms with Gasteiger partial charge in [-0.2, -0.15) is 0 Å². The first-order valence-electron chi connectivity index (χ1n) is 5.77. The molecule has 0 atom stereocenters. The molecule has 0 radical (unpaired) electrons. The van der Waals surface area contributed by atoms with Crippen molar-refractivity contribution in [3.63, 3.8) is 0 Å². The Morgan fingerprint density at radius 2 is 2.12 bits per heavy atom. The van der Waals surface area contributed by atoms with Crippen molar-refractivity contribution in [3.05, 3.63) is 34.3 Å². The summed E-state index contributed by atoms with van der Waals surface area (Å²) in [5, 5.41) is 4.08. The minimum absolute atomic E-state index is 0.590. The fourth-order valence-electron chi connectivity index (χ4n) is 1.40. The van der Waals surface area contributed by atoms with Crippen molar-refractivity contribution in [2.45, 2.75) is 26.9 Å². The maximum atomic E-state index is 6.10. The number of hydrogen-bond acceptors (Lipinski definition) is 2. The van der Waals surface area contributed by atoms with Gasteiger partial charge >= 0.3 is 0 Å². The van der Waals surface area contributed by atoms with Gasteiger partial charge < -0.3 is 10.1 Å². The molecule has 0 aliphatic heterocycles. The van der Waals surface area contributed by atoms with E-state index in [4.69, 9.17) is 16.3 Å². The van der Waals surface area contributed by atoms with Crippen LogP contribution in [0, 0.1) is 6.92 Å². The first-order valence-corrected chi connectivity index (χ1v) is 6.15. The third-order valence-electron chi connectivity index (χ3n) is 2.32. The zero-order valence-electron chi connectivity index (χ0n) is 10.1. The molecule has 1 rings (SSSR count). The maximum absolute atomic E-state index is 6.10. The predicted octanol–water partition coefficient (Wildman–Crippen LogP) is 3.16. The molecule has 0 aromatic heterocycles. The van der Waals surface area contributed by atoms with E-state index >= 15 is 0 Å². The average molecular weight is 242 g/mol. The molecule has 2 nitrogen and oxygen atoms in total. The summed E-state index contributed by atoms with van der Waals surface area (Å²) in [5.41, 5.74) is 2.24. The fourth-order valence-corrected chi connectivity index (χ4v) is 1.69. The van der Waals surface area contributed by atoms with Crippen LogP contribution in [0.25, 0.3) is 0 Å². The molecular weight excluding hydrogens is 222 g/mol. The van der Waals surface area contributed by atoms with Gasteiger partial charge in [0.1, 0.15) is 0 Å². The lowest BCUT2D eigenvalue weighted by Crippen LogP contribution is -2.20. The van der Waals surface area contributed by atoms with Crippen molar-refractivity contribution in [3.8, 4) is 0 Å². The second kappa shape index (κ2) is 7.66. The average Bonchev–Trinajstić information content (AvgIpc) is 2.26. The molecule has 3 heteroatoms. The van der Waals surface area contributed by atoms with E-state index in [9.17, 15) is 0 Å². The molecule has 0 aliphatic rings. The van der Waals surface area contributed by atoms with Crippen molar-refractivity contribution in [1.29, 1.82) is 0 Å². The summed E-state index contributed by atoms with van der Waals surface area (Å²) in [6.07, 6.45) is 1.16. The minimum Gasteiger partial charge on any atom is -0.375 e. The highest BCUT2D eigenvalue weighted by Crippen LogP contribution is 2.18. The highest BCUT2D eigenvalue weighted by molar-refractivity contribution is 6.31. The number of benzene rings is 1. The number of rotatable bonds is 7. The number of nitrogens with one attached hydrogen (secondary N) is 1. The summed E-state index contributed by atoms with van der Waals surface area (Å²) in [6, 6.07) is 6.05.